The summed E-state index contributed by atoms with van der Waals surface area (Å²) in [5, 5.41) is 0. The van der Waals surface area contributed by atoms with Crippen LogP contribution in [0.4, 0.5) is 0 Å². The SMILES string of the molecule is CN(C)CCO[Si](C)(CCCN([SiH](C)C)[SiH](C)C)OCCN(C)C. The number of hydrogen-bond donors (Lipinski definition) is 0. The minimum atomic E-state index is -2.07. The summed E-state index contributed by atoms with van der Waals surface area (Å²) in [6.45, 7) is 16.8. The van der Waals surface area contributed by atoms with Crippen LogP contribution in [0.1, 0.15) is 6.42 Å². The van der Waals surface area contributed by atoms with Crippen molar-refractivity contribution < 1.29 is 8.85 Å². The van der Waals surface area contributed by atoms with E-state index in [1.54, 1.807) is 0 Å². The van der Waals surface area contributed by atoms with Gasteiger partial charge in [-0.05, 0) is 53.7 Å². The average Bonchev–Trinajstić information content (AvgIpc) is 2.41. The van der Waals surface area contributed by atoms with Crippen molar-refractivity contribution in [2.75, 3.05) is 61.0 Å². The highest BCUT2D eigenvalue weighted by Crippen LogP contribution is 2.17. The minimum absolute atomic E-state index is 0.685. The average molecular weight is 394 g/mol. The molecule has 146 valence electrons. The van der Waals surface area contributed by atoms with Gasteiger partial charge in [0.2, 0.25) is 0 Å². The molecule has 0 aromatic rings. The van der Waals surface area contributed by atoms with Crippen LogP contribution in [0.2, 0.25) is 38.8 Å². The second kappa shape index (κ2) is 12.7. The number of nitrogens with zero attached hydrogens (tertiary/aromatic N) is 3. The highest BCUT2D eigenvalue weighted by atomic mass is 28.4. The van der Waals surface area contributed by atoms with E-state index in [4.69, 9.17) is 8.85 Å². The van der Waals surface area contributed by atoms with Gasteiger partial charge < -0.3 is 22.9 Å². The van der Waals surface area contributed by atoms with E-state index >= 15 is 0 Å². The first kappa shape index (κ1) is 24.5. The Bertz CT molecular complexity index is 297. The van der Waals surface area contributed by atoms with E-state index < -0.39 is 26.5 Å². The molecule has 0 saturated carbocycles. The van der Waals surface area contributed by atoms with Gasteiger partial charge >= 0.3 is 8.56 Å². The molecule has 0 fully saturated rings. The lowest BCUT2D eigenvalue weighted by Crippen LogP contribution is -2.46. The molecule has 0 spiro atoms. The fraction of sp³-hybridized carbons (Fsp3) is 1.00. The van der Waals surface area contributed by atoms with Gasteiger partial charge in [-0.25, -0.2) is 0 Å². The van der Waals surface area contributed by atoms with Crippen LogP contribution in [-0.2, 0) is 8.85 Å². The first-order chi connectivity index (χ1) is 11.1. The molecule has 0 aromatic carbocycles. The van der Waals surface area contributed by atoms with Crippen molar-refractivity contribution in [1.82, 2.24) is 14.0 Å². The lowest BCUT2D eigenvalue weighted by molar-refractivity contribution is 0.149. The molecule has 0 unspecified atom stereocenters. The first-order valence-electron chi connectivity index (χ1n) is 9.40. The molecule has 5 nitrogen and oxygen atoms in total. The first-order valence-corrected chi connectivity index (χ1v) is 17.6. The van der Waals surface area contributed by atoms with Gasteiger partial charge in [0.15, 0.2) is 0 Å². The van der Waals surface area contributed by atoms with Crippen LogP contribution in [0.5, 0.6) is 0 Å². The molecule has 0 aliphatic heterocycles. The molecule has 24 heavy (non-hydrogen) atoms. The highest BCUT2D eigenvalue weighted by Gasteiger charge is 2.31. The maximum absolute atomic E-state index is 6.29. The summed E-state index contributed by atoms with van der Waals surface area (Å²) < 4.78 is 15.4. The Labute approximate surface area is 155 Å². The van der Waals surface area contributed by atoms with Crippen molar-refractivity contribution in [3.63, 3.8) is 0 Å². The van der Waals surface area contributed by atoms with Crippen LogP contribution < -0.4 is 0 Å². The van der Waals surface area contributed by atoms with Crippen LogP contribution in [-0.4, -0.2) is 102 Å². The van der Waals surface area contributed by atoms with Crippen molar-refractivity contribution >= 4 is 26.5 Å². The lowest BCUT2D eigenvalue weighted by atomic mass is 10.5. The number of hydrogen-bond acceptors (Lipinski definition) is 5. The zero-order valence-electron chi connectivity index (χ0n) is 17.8. The number of likely N-dealkylation sites (N-methyl/N-ethyl adjacent to an activating group) is 2. The van der Waals surface area contributed by atoms with E-state index in [1.165, 1.54) is 13.0 Å². The zero-order chi connectivity index (χ0) is 18.8. The van der Waals surface area contributed by atoms with E-state index in [2.05, 4.69) is 75.0 Å². The Kier molecular flexibility index (Phi) is 13.0. The summed E-state index contributed by atoms with van der Waals surface area (Å²) in [6, 6.07) is 1.10. The second-order valence-corrected chi connectivity index (χ2v) is 17.6. The standard InChI is InChI=1S/C16H43N3O2Si3/c1-17(2)12-14-20-24(9,21-15-13-18(3)4)16-10-11-19(22(5)6)23(7)8/h22-23H,10-16H2,1-9H3. The maximum atomic E-state index is 6.29. The highest BCUT2D eigenvalue weighted by molar-refractivity contribution is 6.70. The van der Waals surface area contributed by atoms with Crippen LogP contribution in [0, 0.1) is 0 Å². The van der Waals surface area contributed by atoms with Gasteiger partial charge in [-0.1, -0.05) is 26.2 Å². The fourth-order valence-corrected chi connectivity index (χ4v) is 11.2. The Balaban J connectivity index is 4.50. The van der Waals surface area contributed by atoms with Gasteiger partial charge in [0, 0.05) is 26.3 Å². The molecule has 8 heteroatoms. The summed E-state index contributed by atoms with van der Waals surface area (Å²) in [5.74, 6) is 0. The molecule has 0 atom stereocenters. The molecule has 0 bridgehead atoms. The molecule has 0 amide bonds. The Morgan fingerprint density at radius 1 is 0.750 bits per heavy atom. The fourth-order valence-electron chi connectivity index (χ4n) is 2.77. The van der Waals surface area contributed by atoms with Crippen LogP contribution in [0.15, 0.2) is 0 Å². The third-order valence-electron chi connectivity index (χ3n) is 4.27. The van der Waals surface area contributed by atoms with Crippen molar-refractivity contribution in [2.24, 2.45) is 0 Å². The molecule has 0 aliphatic rings. The molecule has 0 N–H and O–H groups in total. The summed E-state index contributed by atoms with van der Waals surface area (Å²) in [5.41, 5.74) is 0. The molecule has 0 aromatic heterocycles. The van der Waals surface area contributed by atoms with Crippen molar-refractivity contribution in [2.45, 2.75) is 45.2 Å². The van der Waals surface area contributed by atoms with Crippen LogP contribution >= 0.6 is 0 Å². The van der Waals surface area contributed by atoms with Gasteiger partial charge in [-0.2, -0.15) is 0 Å². The van der Waals surface area contributed by atoms with Crippen molar-refractivity contribution in [3.05, 3.63) is 0 Å². The van der Waals surface area contributed by atoms with Crippen LogP contribution in [0.25, 0.3) is 0 Å². The summed E-state index contributed by atoms with van der Waals surface area (Å²) >= 11 is 0. The van der Waals surface area contributed by atoms with Crippen molar-refractivity contribution in [3.8, 4) is 0 Å². The van der Waals surface area contributed by atoms with E-state index in [0.29, 0.717) is 0 Å². The van der Waals surface area contributed by atoms with E-state index in [-0.39, 0.29) is 0 Å². The van der Waals surface area contributed by atoms with E-state index in [9.17, 15) is 0 Å². The quantitative estimate of drug-likeness (QED) is 0.420. The topological polar surface area (TPSA) is 28.2 Å². The van der Waals surface area contributed by atoms with Crippen LogP contribution in [0.3, 0.4) is 0 Å². The third kappa shape index (κ3) is 11.9. The third-order valence-corrected chi connectivity index (χ3v) is 13.9. The Morgan fingerprint density at radius 3 is 1.50 bits per heavy atom. The molecule has 0 saturated heterocycles. The van der Waals surface area contributed by atoms with Gasteiger partial charge in [0.25, 0.3) is 0 Å². The summed E-state index contributed by atoms with van der Waals surface area (Å²) in [6.07, 6.45) is 1.21. The molecule has 0 aliphatic carbocycles. The second-order valence-electron chi connectivity index (χ2n) is 7.97. The summed E-state index contributed by atoms with van der Waals surface area (Å²) in [7, 11) is 4.92. The molecular weight excluding hydrogens is 350 g/mol. The van der Waals surface area contributed by atoms with Gasteiger partial charge in [-0.3, -0.25) is 0 Å². The minimum Gasteiger partial charge on any atom is -0.393 e. The predicted molar refractivity (Wildman–Crippen MR) is 115 cm³/mol. The Hall–Kier alpha value is 0.451. The van der Waals surface area contributed by atoms with Crippen molar-refractivity contribution in [1.29, 1.82) is 0 Å². The monoisotopic (exact) mass is 393 g/mol. The van der Waals surface area contributed by atoms with Gasteiger partial charge in [0.1, 0.15) is 0 Å². The molecule has 0 rings (SSSR count). The smallest absolute Gasteiger partial charge is 0.335 e. The van der Waals surface area contributed by atoms with E-state index in [0.717, 1.165) is 32.3 Å². The van der Waals surface area contributed by atoms with E-state index in [1.807, 2.05) is 0 Å². The largest absolute Gasteiger partial charge is 0.393 e. The molecule has 0 radical (unpaired) electrons. The lowest BCUT2D eigenvalue weighted by Gasteiger charge is -2.32. The number of rotatable bonds is 14. The van der Waals surface area contributed by atoms with Gasteiger partial charge in [0.05, 0.1) is 17.9 Å². The zero-order valence-corrected chi connectivity index (χ0v) is 21.1. The Morgan fingerprint density at radius 2 is 1.17 bits per heavy atom. The summed E-state index contributed by atoms with van der Waals surface area (Å²) in [4.78, 5) is 4.34. The molecule has 0 heterocycles. The maximum Gasteiger partial charge on any atom is 0.335 e. The normalized spacial score (nSPS) is 13.2. The molecular formula is C16H43N3O2Si3. The predicted octanol–water partition coefficient (Wildman–Crippen LogP) is 1.87. The van der Waals surface area contributed by atoms with Gasteiger partial charge in [-0.15, -0.1) is 0 Å².